The fourth-order valence-corrected chi connectivity index (χ4v) is 0.730. The first-order valence-electron chi connectivity index (χ1n) is 3.40. The Morgan fingerprint density at radius 1 is 1.73 bits per heavy atom. The lowest BCUT2D eigenvalue weighted by Crippen LogP contribution is -2.33. The zero-order chi connectivity index (χ0) is 8.85. The van der Waals surface area contributed by atoms with Crippen LogP contribution in [0, 0.1) is 0 Å². The Morgan fingerprint density at radius 2 is 2.27 bits per heavy atom. The maximum Gasteiger partial charge on any atom is 0.103 e. The summed E-state index contributed by atoms with van der Waals surface area (Å²) in [4.78, 5) is 0. The largest absolute Gasteiger partial charge is 0.513 e. The van der Waals surface area contributed by atoms with E-state index >= 15 is 0 Å². The molecule has 0 rings (SSSR count). The monoisotopic (exact) mass is 161 g/mol. The molecule has 0 saturated heterocycles. The average Bonchev–Trinajstić information content (AvgIpc) is 1.88. The molecule has 0 saturated carbocycles. The van der Waals surface area contributed by atoms with Gasteiger partial charge in [-0.3, -0.25) is 0 Å². The fourth-order valence-electron chi connectivity index (χ4n) is 0.730. The fraction of sp³-hybridized carbons (Fsp3) is 0.714. The van der Waals surface area contributed by atoms with Crippen molar-refractivity contribution in [1.82, 2.24) is 0 Å². The SMILES string of the molecule is COC(CN)C(O)/C=C(\C)O. The molecule has 11 heavy (non-hydrogen) atoms. The molecule has 0 amide bonds. The van der Waals surface area contributed by atoms with Gasteiger partial charge in [0.05, 0.1) is 11.9 Å². The highest BCUT2D eigenvalue weighted by molar-refractivity contribution is 4.95. The van der Waals surface area contributed by atoms with E-state index < -0.39 is 12.2 Å². The Bertz CT molecular complexity index is 128. The lowest BCUT2D eigenvalue weighted by Gasteiger charge is -2.16. The van der Waals surface area contributed by atoms with Crippen molar-refractivity contribution in [2.24, 2.45) is 5.73 Å². The van der Waals surface area contributed by atoms with Crippen LogP contribution < -0.4 is 5.73 Å². The molecule has 0 spiro atoms. The molecule has 0 aliphatic carbocycles. The van der Waals surface area contributed by atoms with Crippen molar-refractivity contribution in [2.75, 3.05) is 13.7 Å². The van der Waals surface area contributed by atoms with Crippen LogP contribution in [0.15, 0.2) is 11.8 Å². The van der Waals surface area contributed by atoms with Gasteiger partial charge in [0.25, 0.3) is 0 Å². The summed E-state index contributed by atoms with van der Waals surface area (Å²) >= 11 is 0. The number of aliphatic hydroxyl groups excluding tert-OH is 2. The lowest BCUT2D eigenvalue weighted by molar-refractivity contribution is 0.0169. The van der Waals surface area contributed by atoms with Gasteiger partial charge in [0.1, 0.15) is 6.10 Å². The smallest absolute Gasteiger partial charge is 0.103 e. The molecule has 2 atom stereocenters. The highest BCUT2D eigenvalue weighted by atomic mass is 16.5. The van der Waals surface area contributed by atoms with Crippen molar-refractivity contribution >= 4 is 0 Å². The van der Waals surface area contributed by atoms with Crippen molar-refractivity contribution in [3.8, 4) is 0 Å². The second kappa shape index (κ2) is 5.12. The third-order valence-corrected chi connectivity index (χ3v) is 1.33. The molecule has 66 valence electrons. The molecule has 4 heteroatoms. The maximum absolute atomic E-state index is 9.24. The predicted octanol–water partition coefficient (Wildman–Crippen LogP) is -0.217. The molecule has 4 nitrogen and oxygen atoms in total. The Hall–Kier alpha value is -0.580. The molecule has 0 bridgehead atoms. The minimum Gasteiger partial charge on any atom is -0.513 e. The van der Waals surface area contributed by atoms with Crippen LogP contribution >= 0.6 is 0 Å². The van der Waals surface area contributed by atoms with Gasteiger partial charge in [-0.1, -0.05) is 0 Å². The van der Waals surface area contributed by atoms with Crippen LogP contribution in [0.3, 0.4) is 0 Å². The molecule has 0 fully saturated rings. The highest BCUT2D eigenvalue weighted by Gasteiger charge is 2.14. The van der Waals surface area contributed by atoms with Crippen LogP contribution in [0.25, 0.3) is 0 Å². The first-order valence-corrected chi connectivity index (χ1v) is 3.40. The molecule has 0 aromatic carbocycles. The van der Waals surface area contributed by atoms with Crippen LogP contribution in [0.2, 0.25) is 0 Å². The number of rotatable bonds is 4. The van der Waals surface area contributed by atoms with Crippen molar-refractivity contribution in [3.05, 3.63) is 11.8 Å². The van der Waals surface area contributed by atoms with Gasteiger partial charge in [0.2, 0.25) is 0 Å². The number of hydrogen-bond donors (Lipinski definition) is 3. The molecule has 0 aliphatic rings. The predicted molar refractivity (Wildman–Crippen MR) is 42.2 cm³/mol. The highest BCUT2D eigenvalue weighted by Crippen LogP contribution is 2.00. The van der Waals surface area contributed by atoms with Crippen molar-refractivity contribution < 1.29 is 14.9 Å². The van der Waals surface area contributed by atoms with Crippen molar-refractivity contribution in [3.63, 3.8) is 0 Å². The zero-order valence-electron chi connectivity index (χ0n) is 6.82. The Labute approximate surface area is 66.3 Å². The van der Waals surface area contributed by atoms with E-state index in [1.165, 1.54) is 20.1 Å². The number of allylic oxidation sites excluding steroid dienone is 1. The summed E-state index contributed by atoms with van der Waals surface area (Å²) in [5.41, 5.74) is 5.26. The van der Waals surface area contributed by atoms with Gasteiger partial charge in [-0.05, 0) is 13.0 Å². The molecular formula is C7H15NO3. The summed E-state index contributed by atoms with van der Waals surface area (Å²) in [6.45, 7) is 1.70. The van der Waals surface area contributed by atoms with E-state index in [-0.39, 0.29) is 12.3 Å². The molecule has 0 aromatic rings. The second-order valence-corrected chi connectivity index (χ2v) is 2.31. The van der Waals surface area contributed by atoms with Gasteiger partial charge in [-0.25, -0.2) is 0 Å². The second-order valence-electron chi connectivity index (χ2n) is 2.31. The van der Waals surface area contributed by atoms with E-state index in [0.29, 0.717) is 0 Å². The van der Waals surface area contributed by atoms with Crippen LogP contribution in [0.5, 0.6) is 0 Å². The first-order chi connectivity index (χ1) is 5.11. The van der Waals surface area contributed by atoms with Crippen LogP contribution in [-0.4, -0.2) is 36.1 Å². The molecule has 0 aliphatic heterocycles. The Kier molecular flexibility index (Phi) is 4.85. The lowest BCUT2D eigenvalue weighted by atomic mass is 10.2. The number of nitrogens with two attached hydrogens (primary N) is 1. The van der Waals surface area contributed by atoms with Gasteiger partial charge in [0, 0.05) is 13.7 Å². The van der Waals surface area contributed by atoms with Crippen LogP contribution in [0.4, 0.5) is 0 Å². The average molecular weight is 161 g/mol. The summed E-state index contributed by atoms with van der Waals surface area (Å²) in [5, 5.41) is 18.0. The third-order valence-electron chi connectivity index (χ3n) is 1.33. The minimum absolute atomic E-state index is 0.0630. The summed E-state index contributed by atoms with van der Waals surface area (Å²) < 4.78 is 4.83. The van der Waals surface area contributed by atoms with Crippen molar-refractivity contribution in [2.45, 2.75) is 19.1 Å². The normalized spacial score (nSPS) is 18.0. The van der Waals surface area contributed by atoms with Gasteiger partial charge in [-0.2, -0.15) is 0 Å². The topological polar surface area (TPSA) is 75.7 Å². The molecule has 0 aromatic heterocycles. The van der Waals surface area contributed by atoms with Crippen LogP contribution in [-0.2, 0) is 4.74 Å². The number of aliphatic hydroxyl groups is 2. The van der Waals surface area contributed by atoms with E-state index in [1.807, 2.05) is 0 Å². The zero-order valence-corrected chi connectivity index (χ0v) is 6.82. The molecule has 2 unspecified atom stereocenters. The summed E-state index contributed by atoms with van der Waals surface area (Å²) in [6, 6.07) is 0. The van der Waals surface area contributed by atoms with Gasteiger partial charge < -0.3 is 20.7 Å². The van der Waals surface area contributed by atoms with E-state index in [4.69, 9.17) is 15.6 Å². The molecular weight excluding hydrogens is 146 g/mol. The minimum atomic E-state index is -0.838. The Morgan fingerprint density at radius 3 is 2.55 bits per heavy atom. The van der Waals surface area contributed by atoms with E-state index in [2.05, 4.69) is 0 Å². The standard InChI is InChI=1S/C7H15NO3/c1-5(9)3-6(10)7(4-8)11-2/h3,6-7,9-10H,4,8H2,1-2H3/b5-3+. The van der Waals surface area contributed by atoms with Gasteiger partial charge >= 0.3 is 0 Å². The van der Waals surface area contributed by atoms with Crippen molar-refractivity contribution in [1.29, 1.82) is 0 Å². The summed E-state index contributed by atoms with van der Waals surface area (Å²) in [5.74, 6) is 0.0630. The van der Waals surface area contributed by atoms with Gasteiger partial charge in [-0.15, -0.1) is 0 Å². The summed E-state index contributed by atoms with van der Waals surface area (Å²) in [7, 11) is 1.46. The summed E-state index contributed by atoms with van der Waals surface area (Å²) in [6.07, 6.45) is 0.00759. The third kappa shape index (κ3) is 3.98. The number of methoxy groups -OCH3 is 1. The Balaban J connectivity index is 3.98. The molecule has 0 radical (unpaired) electrons. The van der Waals surface area contributed by atoms with Gasteiger partial charge in [0.15, 0.2) is 0 Å². The molecule has 0 heterocycles. The first kappa shape index (κ1) is 10.4. The quantitative estimate of drug-likeness (QED) is 0.498. The maximum atomic E-state index is 9.24. The van der Waals surface area contributed by atoms with E-state index in [9.17, 15) is 5.11 Å². The molecule has 4 N–H and O–H groups in total. The van der Waals surface area contributed by atoms with E-state index in [0.717, 1.165) is 0 Å². The number of ether oxygens (including phenoxy) is 1. The van der Waals surface area contributed by atoms with Crippen LogP contribution in [0.1, 0.15) is 6.92 Å². The number of hydrogen-bond acceptors (Lipinski definition) is 4. The van der Waals surface area contributed by atoms with E-state index in [1.54, 1.807) is 0 Å².